The van der Waals surface area contributed by atoms with Gasteiger partial charge >= 0.3 is 0 Å². The van der Waals surface area contributed by atoms with E-state index in [4.69, 9.17) is 27.9 Å². The summed E-state index contributed by atoms with van der Waals surface area (Å²) in [4.78, 5) is 0. The minimum absolute atomic E-state index is 0.384. The zero-order valence-electron chi connectivity index (χ0n) is 10.3. The van der Waals surface area contributed by atoms with E-state index in [0.29, 0.717) is 21.8 Å². The minimum atomic E-state index is 0.384. The third kappa shape index (κ3) is 2.57. The summed E-state index contributed by atoms with van der Waals surface area (Å²) in [6, 6.07) is 5.57. The molecule has 0 bridgehead atoms. The predicted molar refractivity (Wildman–Crippen MR) is 72.8 cm³/mol. The minimum Gasteiger partial charge on any atom is -0.436 e. The number of benzene rings is 1. The van der Waals surface area contributed by atoms with Gasteiger partial charge in [-0.2, -0.15) is 0 Å². The SMILES string of the molecule is Cc1ccc(Oc2nnc(Cl)c(C)c2C)c(Cl)c1. The molecule has 0 saturated heterocycles. The Balaban J connectivity index is 2.37. The molecule has 0 spiro atoms. The van der Waals surface area contributed by atoms with Crippen molar-refractivity contribution in [3.8, 4) is 11.6 Å². The van der Waals surface area contributed by atoms with E-state index in [1.165, 1.54) is 0 Å². The third-order valence-corrected chi connectivity index (χ3v) is 3.37. The molecule has 0 aliphatic rings. The molecule has 0 fully saturated rings. The Morgan fingerprint density at radius 2 is 1.72 bits per heavy atom. The number of nitrogens with zero attached hydrogens (tertiary/aromatic N) is 2. The smallest absolute Gasteiger partial charge is 0.242 e. The average molecular weight is 283 g/mol. The molecule has 3 nitrogen and oxygen atoms in total. The van der Waals surface area contributed by atoms with E-state index in [1.54, 1.807) is 0 Å². The Kier molecular flexibility index (Phi) is 3.73. The fraction of sp³-hybridized carbons (Fsp3) is 0.231. The lowest BCUT2D eigenvalue weighted by atomic mass is 10.2. The first-order chi connectivity index (χ1) is 8.49. The van der Waals surface area contributed by atoms with Crippen LogP contribution in [0.25, 0.3) is 0 Å². The lowest BCUT2D eigenvalue weighted by Gasteiger charge is -2.10. The van der Waals surface area contributed by atoms with Crippen LogP contribution in [0.2, 0.25) is 10.2 Å². The van der Waals surface area contributed by atoms with Crippen molar-refractivity contribution in [2.24, 2.45) is 0 Å². The number of rotatable bonds is 2. The molecule has 5 heteroatoms. The van der Waals surface area contributed by atoms with E-state index in [0.717, 1.165) is 16.7 Å². The van der Waals surface area contributed by atoms with Crippen LogP contribution in [0.3, 0.4) is 0 Å². The van der Waals surface area contributed by atoms with Crippen molar-refractivity contribution >= 4 is 23.2 Å². The summed E-state index contributed by atoms with van der Waals surface area (Å²) in [5, 5.41) is 8.69. The van der Waals surface area contributed by atoms with Gasteiger partial charge in [-0.15, -0.1) is 10.2 Å². The Morgan fingerprint density at radius 1 is 1.00 bits per heavy atom. The second kappa shape index (κ2) is 5.12. The summed E-state index contributed by atoms with van der Waals surface area (Å²) < 4.78 is 5.67. The maximum Gasteiger partial charge on any atom is 0.242 e. The van der Waals surface area contributed by atoms with Gasteiger partial charge in [-0.3, -0.25) is 0 Å². The van der Waals surface area contributed by atoms with Crippen molar-refractivity contribution in [2.45, 2.75) is 20.8 Å². The standard InChI is InChI=1S/C13H12Cl2N2O/c1-7-4-5-11(10(14)6-7)18-13-9(3)8(2)12(15)16-17-13/h4-6H,1-3H3. The van der Waals surface area contributed by atoms with Crippen molar-refractivity contribution in [1.82, 2.24) is 10.2 Å². The van der Waals surface area contributed by atoms with Gasteiger partial charge in [0.1, 0.15) is 5.75 Å². The fourth-order valence-electron chi connectivity index (χ4n) is 1.44. The molecule has 18 heavy (non-hydrogen) atoms. The first-order valence-electron chi connectivity index (χ1n) is 5.42. The Morgan fingerprint density at radius 3 is 2.39 bits per heavy atom. The van der Waals surface area contributed by atoms with Crippen LogP contribution in [0.15, 0.2) is 18.2 Å². The molecule has 0 aliphatic heterocycles. The maximum absolute atomic E-state index is 6.10. The average Bonchev–Trinajstić information content (AvgIpc) is 2.33. The molecule has 0 radical (unpaired) electrons. The van der Waals surface area contributed by atoms with Crippen LogP contribution >= 0.6 is 23.2 Å². The lowest BCUT2D eigenvalue weighted by molar-refractivity contribution is 0.450. The summed E-state index contributed by atoms with van der Waals surface area (Å²) in [5.41, 5.74) is 2.78. The predicted octanol–water partition coefficient (Wildman–Crippen LogP) is 4.50. The van der Waals surface area contributed by atoms with Crippen molar-refractivity contribution in [3.05, 3.63) is 45.1 Å². The summed E-state index contributed by atoms with van der Waals surface area (Å²) >= 11 is 12.0. The number of hydrogen-bond acceptors (Lipinski definition) is 3. The van der Waals surface area contributed by atoms with Gasteiger partial charge in [0.05, 0.1) is 5.02 Å². The highest BCUT2D eigenvalue weighted by Crippen LogP contribution is 2.31. The summed E-state index contributed by atoms with van der Waals surface area (Å²) in [5.74, 6) is 0.976. The maximum atomic E-state index is 6.10. The molecule has 1 heterocycles. The number of aryl methyl sites for hydroxylation is 1. The zero-order chi connectivity index (χ0) is 13.3. The lowest BCUT2D eigenvalue weighted by Crippen LogP contribution is -1.98. The van der Waals surface area contributed by atoms with E-state index in [-0.39, 0.29) is 0 Å². The molecular formula is C13H12Cl2N2O. The van der Waals surface area contributed by atoms with E-state index >= 15 is 0 Å². The van der Waals surface area contributed by atoms with Crippen LogP contribution in [-0.2, 0) is 0 Å². The normalized spacial score (nSPS) is 10.5. The van der Waals surface area contributed by atoms with Crippen molar-refractivity contribution in [3.63, 3.8) is 0 Å². The van der Waals surface area contributed by atoms with Gasteiger partial charge in [0, 0.05) is 5.56 Å². The summed E-state index contributed by atoms with van der Waals surface area (Å²) in [6.45, 7) is 5.72. The molecule has 0 atom stereocenters. The molecule has 0 amide bonds. The van der Waals surface area contributed by atoms with Crippen molar-refractivity contribution in [1.29, 1.82) is 0 Å². The van der Waals surface area contributed by atoms with Gasteiger partial charge in [-0.25, -0.2) is 0 Å². The highest BCUT2D eigenvalue weighted by Gasteiger charge is 2.11. The van der Waals surface area contributed by atoms with Gasteiger partial charge in [-0.1, -0.05) is 29.3 Å². The molecule has 2 rings (SSSR count). The Labute approximate surface area is 116 Å². The molecule has 0 N–H and O–H groups in total. The topological polar surface area (TPSA) is 35.0 Å². The highest BCUT2D eigenvalue weighted by molar-refractivity contribution is 6.32. The first kappa shape index (κ1) is 13.1. The number of ether oxygens (including phenoxy) is 1. The molecule has 0 aliphatic carbocycles. The van der Waals surface area contributed by atoms with Crippen LogP contribution in [0.4, 0.5) is 0 Å². The van der Waals surface area contributed by atoms with Crippen LogP contribution in [0, 0.1) is 20.8 Å². The second-order valence-corrected chi connectivity index (χ2v) is 4.85. The molecule has 1 aromatic carbocycles. The third-order valence-electron chi connectivity index (χ3n) is 2.72. The monoisotopic (exact) mass is 282 g/mol. The van der Waals surface area contributed by atoms with Crippen molar-refractivity contribution < 1.29 is 4.74 Å². The van der Waals surface area contributed by atoms with Crippen molar-refractivity contribution in [2.75, 3.05) is 0 Å². The van der Waals surface area contributed by atoms with Crippen LogP contribution in [-0.4, -0.2) is 10.2 Å². The Hall–Kier alpha value is -1.32. The van der Waals surface area contributed by atoms with Gasteiger partial charge < -0.3 is 4.74 Å². The molecular weight excluding hydrogens is 271 g/mol. The molecule has 2 aromatic rings. The zero-order valence-corrected chi connectivity index (χ0v) is 11.8. The van der Waals surface area contributed by atoms with Gasteiger partial charge in [-0.05, 0) is 44.0 Å². The summed E-state index contributed by atoms with van der Waals surface area (Å²) in [6.07, 6.45) is 0. The van der Waals surface area contributed by atoms with Crippen LogP contribution in [0.1, 0.15) is 16.7 Å². The van der Waals surface area contributed by atoms with Gasteiger partial charge in [0.25, 0.3) is 0 Å². The van der Waals surface area contributed by atoms with E-state index in [9.17, 15) is 0 Å². The summed E-state index contributed by atoms with van der Waals surface area (Å²) in [7, 11) is 0. The molecule has 1 aromatic heterocycles. The molecule has 0 saturated carbocycles. The largest absolute Gasteiger partial charge is 0.436 e. The molecule has 94 valence electrons. The first-order valence-corrected chi connectivity index (χ1v) is 6.18. The van der Waals surface area contributed by atoms with E-state index in [2.05, 4.69) is 10.2 Å². The second-order valence-electron chi connectivity index (χ2n) is 4.08. The van der Waals surface area contributed by atoms with Gasteiger partial charge in [0.2, 0.25) is 5.88 Å². The fourth-order valence-corrected chi connectivity index (χ4v) is 1.90. The number of aromatic nitrogens is 2. The quantitative estimate of drug-likeness (QED) is 0.813. The van der Waals surface area contributed by atoms with Crippen LogP contribution in [0.5, 0.6) is 11.6 Å². The van der Waals surface area contributed by atoms with E-state index < -0.39 is 0 Å². The van der Waals surface area contributed by atoms with E-state index in [1.807, 2.05) is 39.0 Å². The Bertz CT molecular complexity index is 600. The van der Waals surface area contributed by atoms with Gasteiger partial charge in [0.15, 0.2) is 5.15 Å². The van der Waals surface area contributed by atoms with Crippen LogP contribution < -0.4 is 4.74 Å². The number of halogens is 2. The molecule has 0 unspecified atom stereocenters. The highest BCUT2D eigenvalue weighted by atomic mass is 35.5. The number of hydrogen-bond donors (Lipinski definition) is 0.